The van der Waals surface area contributed by atoms with Gasteiger partial charge in [0.05, 0.1) is 19.2 Å². The van der Waals surface area contributed by atoms with Crippen molar-refractivity contribution in [3.63, 3.8) is 0 Å². The van der Waals surface area contributed by atoms with Gasteiger partial charge in [0.1, 0.15) is 11.5 Å². The third-order valence-electron chi connectivity index (χ3n) is 1.77. The van der Waals surface area contributed by atoms with Crippen LogP contribution in [0, 0.1) is 0 Å². The van der Waals surface area contributed by atoms with Crippen LogP contribution in [0.1, 0.15) is 5.56 Å². The Morgan fingerprint density at radius 1 is 1.23 bits per heavy atom. The molecule has 0 aliphatic heterocycles. The molecule has 0 bridgehead atoms. The Kier molecular flexibility index (Phi) is 3.39. The highest BCUT2D eigenvalue weighted by Gasteiger charge is 2.07. The fourth-order valence-electron chi connectivity index (χ4n) is 1.08. The van der Waals surface area contributed by atoms with Crippen LogP contribution >= 0.6 is 11.6 Å². The average molecular weight is 202 g/mol. The molecule has 0 radical (unpaired) electrons. The van der Waals surface area contributed by atoms with Crippen LogP contribution in [0.15, 0.2) is 12.1 Å². The molecule has 0 atom stereocenters. The molecule has 72 valence electrons. The average Bonchev–Trinajstić information content (AvgIpc) is 2.17. The fourth-order valence-corrected chi connectivity index (χ4v) is 1.35. The van der Waals surface area contributed by atoms with Gasteiger partial charge in [-0.15, -0.1) is 0 Å². The molecule has 3 nitrogen and oxygen atoms in total. The van der Waals surface area contributed by atoms with Gasteiger partial charge in [0.25, 0.3) is 0 Å². The van der Waals surface area contributed by atoms with E-state index in [9.17, 15) is 0 Å². The van der Waals surface area contributed by atoms with Crippen LogP contribution in [0.5, 0.6) is 11.5 Å². The molecular weight excluding hydrogens is 190 g/mol. The highest BCUT2D eigenvalue weighted by Crippen LogP contribution is 2.32. The molecule has 1 rings (SSSR count). The number of nitrogens with two attached hydrogens (primary N) is 1. The first-order valence-electron chi connectivity index (χ1n) is 3.83. The van der Waals surface area contributed by atoms with Crippen molar-refractivity contribution in [2.45, 2.75) is 6.54 Å². The normalized spacial score (nSPS) is 9.85. The number of hydrogen-bond donors (Lipinski definition) is 1. The molecular formula is C9H12ClNO2. The van der Waals surface area contributed by atoms with Crippen LogP contribution in [-0.4, -0.2) is 14.2 Å². The molecule has 0 fully saturated rings. The van der Waals surface area contributed by atoms with Crippen molar-refractivity contribution < 1.29 is 9.47 Å². The summed E-state index contributed by atoms with van der Waals surface area (Å²) < 4.78 is 10.1. The van der Waals surface area contributed by atoms with Gasteiger partial charge in [0.2, 0.25) is 0 Å². The van der Waals surface area contributed by atoms with E-state index >= 15 is 0 Å². The second kappa shape index (κ2) is 4.35. The summed E-state index contributed by atoms with van der Waals surface area (Å²) in [7, 11) is 3.14. The zero-order chi connectivity index (χ0) is 9.84. The van der Waals surface area contributed by atoms with Crippen LogP contribution in [0.3, 0.4) is 0 Å². The topological polar surface area (TPSA) is 44.5 Å². The number of benzene rings is 1. The second-order valence-corrected chi connectivity index (χ2v) is 2.91. The summed E-state index contributed by atoms with van der Waals surface area (Å²) in [5.41, 5.74) is 6.38. The van der Waals surface area contributed by atoms with E-state index in [1.165, 1.54) is 0 Å². The molecule has 2 N–H and O–H groups in total. The Hall–Kier alpha value is -0.930. The first kappa shape index (κ1) is 10.2. The Labute approximate surface area is 82.4 Å². The van der Waals surface area contributed by atoms with Crippen molar-refractivity contribution in [2.24, 2.45) is 5.73 Å². The molecule has 0 amide bonds. The van der Waals surface area contributed by atoms with Gasteiger partial charge in [-0.3, -0.25) is 0 Å². The minimum Gasteiger partial charge on any atom is -0.496 e. The fraction of sp³-hybridized carbons (Fsp3) is 0.333. The standard InChI is InChI=1S/C9H12ClNO2/c1-12-8-4-9(13-2)7(10)3-6(8)5-11/h3-4H,5,11H2,1-2H3. The molecule has 0 saturated heterocycles. The van der Waals surface area contributed by atoms with Crippen molar-refractivity contribution in [3.05, 3.63) is 22.7 Å². The molecule has 0 saturated carbocycles. The van der Waals surface area contributed by atoms with E-state index in [1.807, 2.05) is 0 Å². The second-order valence-electron chi connectivity index (χ2n) is 2.50. The summed E-state index contributed by atoms with van der Waals surface area (Å²) in [4.78, 5) is 0. The van der Waals surface area contributed by atoms with Crippen LogP contribution in [0.25, 0.3) is 0 Å². The molecule has 1 aromatic carbocycles. The molecule has 0 unspecified atom stereocenters. The molecule has 0 spiro atoms. The van der Waals surface area contributed by atoms with E-state index in [1.54, 1.807) is 26.4 Å². The minimum absolute atomic E-state index is 0.396. The maximum absolute atomic E-state index is 5.90. The SMILES string of the molecule is COc1cc(OC)c(CN)cc1Cl. The maximum Gasteiger partial charge on any atom is 0.141 e. The first-order chi connectivity index (χ1) is 6.22. The summed E-state index contributed by atoms with van der Waals surface area (Å²) in [6.45, 7) is 0.396. The van der Waals surface area contributed by atoms with Crippen LogP contribution in [0.4, 0.5) is 0 Å². The van der Waals surface area contributed by atoms with E-state index in [0.717, 1.165) is 5.56 Å². The van der Waals surface area contributed by atoms with Gasteiger partial charge in [-0.1, -0.05) is 11.6 Å². The van der Waals surface area contributed by atoms with Crippen molar-refractivity contribution >= 4 is 11.6 Å². The quantitative estimate of drug-likeness (QED) is 0.812. The number of methoxy groups -OCH3 is 2. The lowest BCUT2D eigenvalue weighted by molar-refractivity contribution is 0.391. The number of ether oxygens (including phenoxy) is 2. The van der Waals surface area contributed by atoms with E-state index in [0.29, 0.717) is 23.1 Å². The van der Waals surface area contributed by atoms with Gasteiger partial charge in [0, 0.05) is 18.2 Å². The summed E-state index contributed by atoms with van der Waals surface area (Å²) in [5, 5.41) is 0.545. The summed E-state index contributed by atoms with van der Waals surface area (Å²) >= 11 is 5.90. The van der Waals surface area contributed by atoms with Crippen LogP contribution in [0.2, 0.25) is 5.02 Å². The molecule has 0 heterocycles. The van der Waals surface area contributed by atoms with Gasteiger partial charge in [0.15, 0.2) is 0 Å². The molecule has 4 heteroatoms. The van der Waals surface area contributed by atoms with E-state index in [-0.39, 0.29) is 0 Å². The highest BCUT2D eigenvalue weighted by molar-refractivity contribution is 6.32. The van der Waals surface area contributed by atoms with Crippen molar-refractivity contribution in [1.29, 1.82) is 0 Å². The van der Waals surface area contributed by atoms with Crippen LogP contribution in [-0.2, 0) is 6.54 Å². The van der Waals surface area contributed by atoms with Crippen molar-refractivity contribution in [1.82, 2.24) is 0 Å². The number of halogens is 1. The monoisotopic (exact) mass is 201 g/mol. The third kappa shape index (κ3) is 2.05. The van der Waals surface area contributed by atoms with Crippen LogP contribution < -0.4 is 15.2 Å². The van der Waals surface area contributed by atoms with Gasteiger partial charge in [-0.2, -0.15) is 0 Å². The molecule has 0 aromatic heterocycles. The van der Waals surface area contributed by atoms with Gasteiger partial charge in [-0.05, 0) is 6.07 Å². The first-order valence-corrected chi connectivity index (χ1v) is 4.21. The number of rotatable bonds is 3. The Morgan fingerprint density at radius 2 is 1.85 bits per heavy atom. The molecule has 0 aliphatic rings. The Morgan fingerprint density at radius 3 is 2.31 bits per heavy atom. The predicted octanol–water partition coefficient (Wildman–Crippen LogP) is 1.82. The predicted molar refractivity (Wildman–Crippen MR) is 52.4 cm³/mol. The smallest absolute Gasteiger partial charge is 0.141 e. The lowest BCUT2D eigenvalue weighted by Crippen LogP contribution is -2.00. The van der Waals surface area contributed by atoms with E-state index < -0.39 is 0 Å². The molecule has 13 heavy (non-hydrogen) atoms. The lowest BCUT2D eigenvalue weighted by atomic mass is 10.2. The highest BCUT2D eigenvalue weighted by atomic mass is 35.5. The summed E-state index contributed by atoms with van der Waals surface area (Å²) in [5.74, 6) is 1.29. The van der Waals surface area contributed by atoms with Crippen molar-refractivity contribution in [2.75, 3.05) is 14.2 Å². The van der Waals surface area contributed by atoms with Gasteiger partial charge < -0.3 is 15.2 Å². The minimum atomic E-state index is 0.396. The van der Waals surface area contributed by atoms with Gasteiger partial charge in [-0.25, -0.2) is 0 Å². The summed E-state index contributed by atoms with van der Waals surface area (Å²) in [6.07, 6.45) is 0. The zero-order valence-corrected chi connectivity index (χ0v) is 8.39. The largest absolute Gasteiger partial charge is 0.496 e. The Balaban J connectivity index is 3.18. The van der Waals surface area contributed by atoms with E-state index in [4.69, 9.17) is 26.8 Å². The van der Waals surface area contributed by atoms with Crippen molar-refractivity contribution in [3.8, 4) is 11.5 Å². The third-order valence-corrected chi connectivity index (χ3v) is 2.07. The maximum atomic E-state index is 5.90. The Bertz CT molecular complexity index is 302. The zero-order valence-electron chi connectivity index (χ0n) is 7.63. The lowest BCUT2D eigenvalue weighted by Gasteiger charge is -2.10. The molecule has 0 aliphatic carbocycles. The summed E-state index contributed by atoms with van der Waals surface area (Å²) in [6, 6.07) is 3.48. The molecule has 1 aromatic rings. The van der Waals surface area contributed by atoms with Gasteiger partial charge >= 0.3 is 0 Å². The van der Waals surface area contributed by atoms with E-state index in [2.05, 4.69) is 0 Å². The number of hydrogen-bond acceptors (Lipinski definition) is 3.